The number of benzene rings is 1. The summed E-state index contributed by atoms with van der Waals surface area (Å²) in [5, 5.41) is 0. The Kier molecular flexibility index (Phi) is 5.44. The van der Waals surface area contributed by atoms with E-state index in [1.54, 1.807) is 6.26 Å². The summed E-state index contributed by atoms with van der Waals surface area (Å²) < 4.78 is 10.9. The molecule has 0 saturated heterocycles. The van der Waals surface area contributed by atoms with Gasteiger partial charge in [0.2, 0.25) is 0 Å². The number of hydrogen-bond donors (Lipinski definition) is 1. The fourth-order valence-electron chi connectivity index (χ4n) is 0.700. The van der Waals surface area contributed by atoms with Crippen LogP contribution in [0.3, 0.4) is 0 Å². The minimum atomic E-state index is -0.917. The molecule has 0 bridgehead atoms. The topological polar surface area (TPSA) is 23.1 Å². The van der Waals surface area contributed by atoms with Crippen molar-refractivity contribution in [3.63, 3.8) is 0 Å². The van der Waals surface area contributed by atoms with Crippen molar-refractivity contribution in [3.05, 3.63) is 24.3 Å². The zero-order valence-corrected chi connectivity index (χ0v) is 11.0. The second kappa shape index (κ2) is 5.20. The summed E-state index contributed by atoms with van der Waals surface area (Å²) in [6.45, 7) is 0. The fourth-order valence-corrected chi connectivity index (χ4v) is 1.88. The Bertz CT molecular complexity index is 227. The molecule has 1 atom stereocenters. The molecule has 4 heteroatoms. The van der Waals surface area contributed by atoms with Gasteiger partial charge in [-0.2, -0.15) is 0 Å². The first-order chi connectivity index (χ1) is 4.72. The normalized spacial score (nSPS) is 11.9. The summed E-state index contributed by atoms with van der Waals surface area (Å²) in [5.74, 6) is 0. The maximum Gasteiger partial charge on any atom is 0.165 e. The molecule has 0 aliphatic carbocycles. The van der Waals surface area contributed by atoms with E-state index >= 15 is 0 Å². The molecule has 0 saturated carbocycles. The predicted octanol–water partition coefficient (Wildman–Crippen LogP) is 1.71. The summed E-state index contributed by atoms with van der Waals surface area (Å²) in [6.07, 6.45) is 1.65. The molecule has 56 valence electrons. The largest absolute Gasteiger partial charge is 0.612 e. The van der Waals surface area contributed by atoms with Crippen LogP contribution in [0, 0.1) is 0 Å². The summed E-state index contributed by atoms with van der Waals surface area (Å²) in [5.41, 5.74) is 0. The van der Waals surface area contributed by atoms with Crippen molar-refractivity contribution in [1.82, 2.24) is 0 Å². The molecule has 0 aliphatic rings. The molecule has 0 radical (unpaired) electrons. The van der Waals surface area contributed by atoms with Gasteiger partial charge in [-0.3, -0.25) is 0 Å². The summed E-state index contributed by atoms with van der Waals surface area (Å²) >= 11 is 3.23. The molecule has 0 aliphatic heterocycles. The van der Waals surface area contributed by atoms with Crippen LogP contribution in [-0.2, 0) is 30.7 Å². The third-order valence-corrected chi connectivity index (χ3v) is 2.69. The molecule has 0 N–H and O–H groups in total. The van der Waals surface area contributed by atoms with Crippen LogP contribution in [0.15, 0.2) is 34.1 Å². The maximum absolute atomic E-state index is 10.9. The number of hydrogen-bond acceptors (Lipinski definition) is 2. The summed E-state index contributed by atoms with van der Waals surface area (Å²) in [7, 11) is 0. The van der Waals surface area contributed by atoms with Crippen LogP contribution in [0.2, 0.25) is 0 Å². The zero-order chi connectivity index (χ0) is 7.56. The Labute approximate surface area is 87.9 Å². The quantitative estimate of drug-likeness (QED) is 0.449. The Morgan fingerprint density at radius 1 is 1.36 bits per heavy atom. The Balaban J connectivity index is 0.000001000. The van der Waals surface area contributed by atoms with Crippen LogP contribution in [-0.4, -0.2) is 10.8 Å². The first-order valence-corrected chi connectivity index (χ1v) is 4.84. The monoisotopic (exact) mass is 236 g/mol. The van der Waals surface area contributed by atoms with Crippen molar-refractivity contribution in [3.8, 4) is 0 Å². The van der Waals surface area contributed by atoms with Crippen LogP contribution in [0.4, 0.5) is 0 Å². The van der Waals surface area contributed by atoms with Crippen molar-refractivity contribution >= 4 is 23.8 Å². The first-order valence-electron chi connectivity index (χ1n) is 2.83. The van der Waals surface area contributed by atoms with Crippen molar-refractivity contribution in [2.75, 3.05) is 6.26 Å². The molecule has 0 amide bonds. The average molecular weight is 238 g/mol. The summed E-state index contributed by atoms with van der Waals surface area (Å²) in [6, 6.07) is 7.38. The molecule has 0 aromatic heterocycles. The van der Waals surface area contributed by atoms with Gasteiger partial charge < -0.3 is 4.55 Å². The maximum atomic E-state index is 10.9. The molecule has 1 nitrogen and oxygen atoms in total. The van der Waals surface area contributed by atoms with Gasteiger partial charge in [0.15, 0.2) is 4.90 Å². The molecule has 0 fully saturated rings. The van der Waals surface area contributed by atoms with Crippen molar-refractivity contribution < 1.29 is 24.0 Å². The standard InChI is InChI=1S/C7H8OS2.Zn/c1-10(8)7-5-3-2-4-6(7)9;/h2-5,9H,1H3;. The molecule has 11 heavy (non-hydrogen) atoms. The molecule has 0 heterocycles. The van der Waals surface area contributed by atoms with E-state index in [2.05, 4.69) is 12.6 Å². The van der Waals surface area contributed by atoms with E-state index in [-0.39, 0.29) is 19.5 Å². The van der Waals surface area contributed by atoms with Gasteiger partial charge in [-0.1, -0.05) is 12.1 Å². The molecule has 1 aromatic rings. The van der Waals surface area contributed by atoms with E-state index in [1.807, 2.05) is 24.3 Å². The van der Waals surface area contributed by atoms with Gasteiger partial charge in [0.25, 0.3) is 0 Å². The van der Waals surface area contributed by atoms with E-state index in [0.717, 1.165) is 9.79 Å². The third-order valence-electron chi connectivity index (χ3n) is 1.17. The van der Waals surface area contributed by atoms with Gasteiger partial charge in [0.1, 0.15) is 6.26 Å². The van der Waals surface area contributed by atoms with Crippen molar-refractivity contribution in [2.45, 2.75) is 9.79 Å². The number of rotatable bonds is 1. The predicted molar refractivity (Wildman–Crippen MR) is 46.0 cm³/mol. The summed E-state index contributed by atoms with van der Waals surface area (Å²) in [4.78, 5) is 1.59. The molecule has 1 unspecified atom stereocenters. The minimum Gasteiger partial charge on any atom is -0.612 e. The minimum absolute atomic E-state index is 0. The van der Waals surface area contributed by atoms with E-state index in [0.29, 0.717) is 0 Å². The SMILES string of the molecule is C[S+]([O-])c1ccccc1S.[Zn]. The van der Waals surface area contributed by atoms with Crippen LogP contribution in [0.25, 0.3) is 0 Å². The van der Waals surface area contributed by atoms with Gasteiger partial charge in [-0.15, -0.1) is 12.6 Å². The van der Waals surface area contributed by atoms with Gasteiger partial charge >= 0.3 is 0 Å². The van der Waals surface area contributed by atoms with E-state index < -0.39 is 11.2 Å². The molecular weight excluding hydrogens is 230 g/mol. The fraction of sp³-hybridized carbons (Fsp3) is 0.143. The second-order valence-electron chi connectivity index (χ2n) is 1.92. The molecule has 1 rings (SSSR count). The van der Waals surface area contributed by atoms with E-state index in [9.17, 15) is 4.55 Å². The number of thiol groups is 1. The smallest absolute Gasteiger partial charge is 0.165 e. The first kappa shape index (κ1) is 11.5. The Morgan fingerprint density at radius 2 is 1.91 bits per heavy atom. The van der Waals surface area contributed by atoms with Crippen molar-refractivity contribution in [2.24, 2.45) is 0 Å². The van der Waals surface area contributed by atoms with Gasteiger partial charge in [-0.05, 0) is 23.3 Å². The zero-order valence-electron chi connectivity index (χ0n) is 6.28. The van der Waals surface area contributed by atoms with E-state index in [1.165, 1.54) is 0 Å². The van der Waals surface area contributed by atoms with Crippen LogP contribution in [0.5, 0.6) is 0 Å². The van der Waals surface area contributed by atoms with Gasteiger partial charge in [-0.25, -0.2) is 0 Å². The van der Waals surface area contributed by atoms with Crippen LogP contribution >= 0.6 is 12.6 Å². The third kappa shape index (κ3) is 3.16. The Hall–Kier alpha value is 0.503. The van der Waals surface area contributed by atoms with Gasteiger partial charge in [0, 0.05) is 19.5 Å². The van der Waals surface area contributed by atoms with Gasteiger partial charge in [0.05, 0.1) is 4.90 Å². The van der Waals surface area contributed by atoms with Crippen LogP contribution in [0.1, 0.15) is 0 Å². The second-order valence-corrected chi connectivity index (χ2v) is 3.75. The van der Waals surface area contributed by atoms with Crippen LogP contribution < -0.4 is 0 Å². The Morgan fingerprint density at radius 3 is 2.27 bits per heavy atom. The molecular formula is C7H8OS2Zn. The molecule has 1 aromatic carbocycles. The average Bonchev–Trinajstić information content (AvgIpc) is 1.88. The van der Waals surface area contributed by atoms with E-state index in [4.69, 9.17) is 0 Å². The molecule has 0 spiro atoms. The van der Waals surface area contributed by atoms with Crippen molar-refractivity contribution in [1.29, 1.82) is 0 Å².